The molecule has 92 valence electrons. The maximum Gasteiger partial charge on any atom is 0.245 e. The quantitative estimate of drug-likeness (QED) is 0.779. The average molecular weight is 237 g/mol. The molecule has 1 aliphatic rings. The lowest BCUT2D eigenvalue weighted by Crippen LogP contribution is -2.53. The topological polar surface area (TPSA) is 48.0 Å². The highest BCUT2D eigenvalue weighted by molar-refractivity contribution is 5.94. The van der Waals surface area contributed by atoms with Crippen LogP contribution in [-0.2, 0) is 14.3 Å². The van der Waals surface area contributed by atoms with Crippen LogP contribution in [0.3, 0.4) is 0 Å². The van der Waals surface area contributed by atoms with E-state index in [1.165, 1.54) is 26.0 Å². The molecule has 1 heterocycles. The van der Waals surface area contributed by atoms with Crippen molar-refractivity contribution in [1.29, 1.82) is 0 Å². The Balaban J connectivity index is 2.47. The van der Waals surface area contributed by atoms with Gasteiger partial charge in [-0.3, -0.25) is 9.69 Å². The first-order valence-corrected chi connectivity index (χ1v) is 5.30. The van der Waals surface area contributed by atoms with Crippen molar-refractivity contribution in [2.75, 3.05) is 19.1 Å². The van der Waals surface area contributed by atoms with Crippen LogP contribution >= 0.6 is 0 Å². The number of ether oxygens (including phenoxy) is 3. The molecule has 0 radical (unpaired) electrons. The first-order valence-electron chi connectivity index (χ1n) is 5.30. The first kappa shape index (κ1) is 11.9. The van der Waals surface area contributed by atoms with Crippen molar-refractivity contribution >= 4 is 11.6 Å². The number of carbonyl (C=O) groups is 1. The highest BCUT2D eigenvalue weighted by atomic mass is 16.7. The maximum absolute atomic E-state index is 11.7. The third-order valence-electron chi connectivity index (χ3n) is 2.67. The number of anilines is 1. The molecule has 0 unspecified atom stereocenters. The molecule has 0 aliphatic carbocycles. The molecule has 0 saturated heterocycles. The summed E-state index contributed by atoms with van der Waals surface area (Å²) in [6.07, 6.45) is -1.20. The summed E-state index contributed by atoms with van der Waals surface area (Å²) in [5.74, 6) is 0.498. The maximum atomic E-state index is 11.7. The fourth-order valence-electron chi connectivity index (χ4n) is 1.93. The van der Waals surface area contributed by atoms with Gasteiger partial charge in [0.15, 0.2) is 6.23 Å². The minimum absolute atomic E-state index is 0.116. The zero-order valence-corrected chi connectivity index (χ0v) is 10.0. The average Bonchev–Trinajstić information content (AvgIpc) is 2.35. The second kappa shape index (κ2) is 4.73. The summed E-state index contributed by atoms with van der Waals surface area (Å²) in [6, 6.07) is 7.30. The molecule has 2 rings (SSSR count). The van der Waals surface area contributed by atoms with E-state index in [1.807, 2.05) is 18.2 Å². The van der Waals surface area contributed by atoms with Gasteiger partial charge in [0.25, 0.3) is 0 Å². The Morgan fingerprint density at radius 1 is 1.29 bits per heavy atom. The van der Waals surface area contributed by atoms with Crippen molar-refractivity contribution in [2.45, 2.75) is 19.4 Å². The Labute approximate surface area is 99.9 Å². The van der Waals surface area contributed by atoms with E-state index in [4.69, 9.17) is 14.2 Å². The lowest BCUT2D eigenvalue weighted by Gasteiger charge is -2.39. The number of carbonyl (C=O) groups excluding carboxylic acids is 1. The Bertz CT molecular complexity index is 421. The van der Waals surface area contributed by atoms with Gasteiger partial charge in [0.1, 0.15) is 5.75 Å². The van der Waals surface area contributed by atoms with Gasteiger partial charge < -0.3 is 14.2 Å². The van der Waals surface area contributed by atoms with E-state index in [0.29, 0.717) is 11.4 Å². The number of fused-ring (bicyclic) bond motifs is 1. The molecule has 0 saturated carbocycles. The monoisotopic (exact) mass is 237 g/mol. The number of methoxy groups -OCH3 is 2. The van der Waals surface area contributed by atoms with Crippen molar-refractivity contribution in [1.82, 2.24) is 0 Å². The highest BCUT2D eigenvalue weighted by Gasteiger charge is 2.38. The number of hydrogen-bond donors (Lipinski definition) is 0. The summed E-state index contributed by atoms with van der Waals surface area (Å²) < 4.78 is 16.1. The van der Waals surface area contributed by atoms with Crippen LogP contribution < -0.4 is 9.64 Å². The van der Waals surface area contributed by atoms with Crippen LogP contribution in [0, 0.1) is 0 Å². The Hall–Kier alpha value is -1.59. The molecule has 0 spiro atoms. The summed E-state index contributed by atoms with van der Waals surface area (Å²) in [6.45, 7) is 1.49. The van der Waals surface area contributed by atoms with Gasteiger partial charge in [-0.15, -0.1) is 0 Å². The van der Waals surface area contributed by atoms with Gasteiger partial charge in [-0.25, -0.2) is 0 Å². The fraction of sp³-hybridized carbons (Fsp3) is 0.417. The van der Waals surface area contributed by atoms with Gasteiger partial charge in [0.2, 0.25) is 12.2 Å². The Morgan fingerprint density at radius 3 is 2.59 bits per heavy atom. The zero-order chi connectivity index (χ0) is 12.4. The van der Waals surface area contributed by atoms with Gasteiger partial charge in [-0.2, -0.15) is 0 Å². The van der Waals surface area contributed by atoms with E-state index in [1.54, 1.807) is 6.07 Å². The smallest absolute Gasteiger partial charge is 0.245 e. The molecule has 5 heteroatoms. The van der Waals surface area contributed by atoms with Gasteiger partial charge in [-0.05, 0) is 12.1 Å². The van der Waals surface area contributed by atoms with Crippen LogP contribution in [0.1, 0.15) is 6.92 Å². The zero-order valence-electron chi connectivity index (χ0n) is 10.0. The molecule has 0 aromatic heterocycles. The van der Waals surface area contributed by atoms with Crippen molar-refractivity contribution in [3.63, 3.8) is 0 Å². The van der Waals surface area contributed by atoms with Gasteiger partial charge in [-0.1, -0.05) is 12.1 Å². The number of nitrogens with zero attached hydrogens (tertiary/aromatic N) is 1. The molecule has 1 aromatic rings. The SMILES string of the molecule is CO[C@@H]1Oc2ccccc2N(C(C)=O)[C@@H]1OC. The number of benzene rings is 1. The van der Waals surface area contributed by atoms with E-state index in [0.717, 1.165) is 0 Å². The van der Waals surface area contributed by atoms with Crippen LogP contribution in [0.4, 0.5) is 5.69 Å². The van der Waals surface area contributed by atoms with Crippen molar-refractivity contribution in [3.05, 3.63) is 24.3 Å². The van der Waals surface area contributed by atoms with Crippen molar-refractivity contribution in [3.8, 4) is 5.75 Å². The molecule has 1 amide bonds. The summed E-state index contributed by atoms with van der Waals surface area (Å²) >= 11 is 0. The van der Waals surface area contributed by atoms with E-state index in [-0.39, 0.29) is 5.91 Å². The molecule has 0 fully saturated rings. The van der Waals surface area contributed by atoms with E-state index >= 15 is 0 Å². The lowest BCUT2D eigenvalue weighted by molar-refractivity contribution is -0.153. The molecule has 1 aliphatic heterocycles. The molecule has 1 aromatic carbocycles. The minimum atomic E-state index is -0.626. The molecule has 5 nitrogen and oxygen atoms in total. The summed E-state index contributed by atoms with van der Waals surface area (Å²) in [5, 5.41) is 0. The van der Waals surface area contributed by atoms with Crippen LogP contribution in [0.25, 0.3) is 0 Å². The van der Waals surface area contributed by atoms with Crippen LogP contribution in [-0.4, -0.2) is 32.6 Å². The number of hydrogen-bond acceptors (Lipinski definition) is 4. The normalized spacial score (nSPS) is 22.9. The second-order valence-electron chi connectivity index (χ2n) is 3.70. The van der Waals surface area contributed by atoms with Gasteiger partial charge in [0, 0.05) is 21.1 Å². The fourth-order valence-corrected chi connectivity index (χ4v) is 1.93. The second-order valence-corrected chi connectivity index (χ2v) is 3.70. The molecule has 2 atom stereocenters. The third-order valence-corrected chi connectivity index (χ3v) is 2.67. The van der Waals surface area contributed by atoms with Gasteiger partial charge in [0.05, 0.1) is 5.69 Å². The summed E-state index contributed by atoms with van der Waals surface area (Å²) in [7, 11) is 3.03. The Morgan fingerprint density at radius 2 is 2.00 bits per heavy atom. The largest absolute Gasteiger partial charge is 0.458 e. The molecule has 17 heavy (non-hydrogen) atoms. The van der Waals surface area contributed by atoms with Crippen molar-refractivity contribution < 1.29 is 19.0 Å². The predicted molar refractivity (Wildman–Crippen MR) is 61.8 cm³/mol. The molecule has 0 bridgehead atoms. The summed E-state index contributed by atoms with van der Waals surface area (Å²) in [4.78, 5) is 13.3. The molecule has 0 N–H and O–H groups in total. The van der Waals surface area contributed by atoms with E-state index < -0.39 is 12.5 Å². The minimum Gasteiger partial charge on any atom is -0.458 e. The standard InChI is InChI=1S/C12H15NO4/c1-8(14)13-9-6-4-5-7-10(9)17-12(16-3)11(13)15-2/h4-7,11-12H,1-3H3/t11-,12-/m1/s1. The lowest BCUT2D eigenvalue weighted by atomic mass is 10.2. The third kappa shape index (κ3) is 1.99. The molecular formula is C12H15NO4. The van der Waals surface area contributed by atoms with Crippen LogP contribution in [0.5, 0.6) is 5.75 Å². The Kier molecular flexibility index (Phi) is 3.31. The van der Waals surface area contributed by atoms with Crippen LogP contribution in [0.2, 0.25) is 0 Å². The van der Waals surface area contributed by atoms with E-state index in [2.05, 4.69) is 0 Å². The number of amides is 1. The molecular weight excluding hydrogens is 222 g/mol. The van der Waals surface area contributed by atoms with Crippen LogP contribution in [0.15, 0.2) is 24.3 Å². The van der Waals surface area contributed by atoms with Gasteiger partial charge >= 0.3 is 0 Å². The first-order chi connectivity index (χ1) is 8.19. The number of rotatable bonds is 2. The summed E-state index contributed by atoms with van der Waals surface area (Å²) in [5.41, 5.74) is 0.695. The van der Waals surface area contributed by atoms with Crippen molar-refractivity contribution in [2.24, 2.45) is 0 Å². The number of para-hydroxylation sites is 2. The van der Waals surface area contributed by atoms with E-state index in [9.17, 15) is 4.79 Å². The predicted octanol–water partition coefficient (Wildman–Crippen LogP) is 1.38. The highest BCUT2D eigenvalue weighted by Crippen LogP contribution is 2.36.